The summed E-state index contributed by atoms with van der Waals surface area (Å²) >= 11 is 0. The normalized spacial score (nSPS) is 12.3. The van der Waals surface area contributed by atoms with Gasteiger partial charge in [-0.05, 0) is 18.2 Å². The molecule has 0 aliphatic rings. The molecule has 0 aliphatic carbocycles. The van der Waals surface area contributed by atoms with Gasteiger partial charge in [0.25, 0.3) is 0 Å². The van der Waals surface area contributed by atoms with E-state index in [-0.39, 0.29) is 0 Å². The Morgan fingerprint density at radius 2 is 2.07 bits per heavy atom. The number of alkyl halides is 1. The van der Waals surface area contributed by atoms with Crippen molar-refractivity contribution in [2.45, 2.75) is 6.17 Å². The fourth-order valence-electron chi connectivity index (χ4n) is 1.18. The fourth-order valence-corrected chi connectivity index (χ4v) is 1.18. The molecule has 0 saturated carbocycles. The van der Waals surface area contributed by atoms with Gasteiger partial charge in [-0.15, -0.1) is 0 Å². The van der Waals surface area contributed by atoms with Crippen molar-refractivity contribution in [2.75, 3.05) is 20.8 Å². The summed E-state index contributed by atoms with van der Waals surface area (Å²) in [5.74, 6) is 0.948. The van der Waals surface area contributed by atoms with Crippen LogP contribution in [0.1, 0.15) is 11.7 Å². The first-order chi connectivity index (χ1) is 6.72. The Morgan fingerprint density at radius 1 is 1.36 bits per heavy atom. The zero-order valence-corrected chi connectivity index (χ0v) is 8.16. The predicted molar refractivity (Wildman–Crippen MR) is 50.5 cm³/mol. The first-order valence-electron chi connectivity index (χ1n) is 4.19. The van der Waals surface area contributed by atoms with Crippen LogP contribution in [-0.2, 0) is 0 Å². The maximum Gasteiger partial charge on any atom is 0.152 e. The van der Waals surface area contributed by atoms with E-state index in [2.05, 4.69) is 0 Å². The maximum atomic E-state index is 13.2. The minimum Gasteiger partial charge on any atom is -0.497 e. The van der Waals surface area contributed by atoms with Crippen molar-refractivity contribution in [1.82, 2.24) is 0 Å². The van der Waals surface area contributed by atoms with Crippen molar-refractivity contribution in [3.05, 3.63) is 23.8 Å². The fraction of sp³-hybridized carbons (Fsp3) is 0.400. The molecule has 1 aromatic rings. The quantitative estimate of drug-likeness (QED) is 0.804. The molecule has 0 spiro atoms. The number of hydrogen-bond donors (Lipinski definition) is 1. The summed E-state index contributed by atoms with van der Waals surface area (Å²) in [4.78, 5) is 0. The molecule has 0 aliphatic heterocycles. The summed E-state index contributed by atoms with van der Waals surface area (Å²) in [5.41, 5.74) is 0.300. The molecule has 0 bridgehead atoms. The molecule has 0 heterocycles. The highest BCUT2D eigenvalue weighted by Gasteiger charge is 2.14. The highest BCUT2D eigenvalue weighted by atomic mass is 19.1. The van der Waals surface area contributed by atoms with E-state index >= 15 is 0 Å². The first-order valence-corrected chi connectivity index (χ1v) is 4.19. The van der Waals surface area contributed by atoms with Crippen LogP contribution in [0.3, 0.4) is 0 Å². The van der Waals surface area contributed by atoms with Crippen molar-refractivity contribution in [2.24, 2.45) is 0 Å². The van der Waals surface area contributed by atoms with Crippen molar-refractivity contribution in [3.8, 4) is 11.5 Å². The van der Waals surface area contributed by atoms with Crippen LogP contribution in [0.25, 0.3) is 0 Å². The van der Waals surface area contributed by atoms with Gasteiger partial charge in [0.05, 0.1) is 20.8 Å². The van der Waals surface area contributed by atoms with Gasteiger partial charge in [-0.1, -0.05) is 0 Å². The molecule has 1 rings (SSSR count). The average molecular weight is 200 g/mol. The second kappa shape index (κ2) is 4.81. The van der Waals surface area contributed by atoms with E-state index in [0.717, 1.165) is 0 Å². The van der Waals surface area contributed by atoms with Gasteiger partial charge in [0.15, 0.2) is 6.17 Å². The van der Waals surface area contributed by atoms with Gasteiger partial charge in [-0.25, -0.2) is 4.39 Å². The summed E-state index contributed by atoms with van der Waals surface area (Å²) in [7, 11) is 2.95. The van der Waals surface area contributed by atoms with Crippen LogP contribution in [-0.4, -0.2) is 25.9 Å². The summed E-state index contributed by atoms with van der Waals surface area (Å²) in [6, 6.07) is 4.79. The molecule has 1 atom stereocenters. The number of benzene rings is 1. The Bertz CT molecular complexity index is 301. The van der Waals surface area contributed by atoms with Crippen molar-refractivity contribution < 1.29 is 19.0 Å². The zero-order chi connectivity index (χ0) is 10.6. The average Bonchev–Trinajstić information content (AvgIpc) is 2.27. The highest BCUT2D eigenvalue weighted by molar-refractivity contribution is 5.41. The molecule has 1 aromatic carbocycles. The lowest BCUT2D eigenvalue weighted by Gasteiger charge is -2.12. The third-order valence-corrected chi connectivity index (χ3v) is 1.93. The number of aliphatic hydroxyl groups is 1. The molecule has 0 aromatic heterocycles. The monoisotopic (exact) mass is 200 g/mol. The standard InChI is InChI=1S/C10H13FO3/c1-13-7-3-4-10(14-2)8(5-7)9(11)6-12/h3-5,9,12H,6H2,1-2H3. The number of rotatable bonds is 4. The van der Waals surface area contributed by atoms with Crippen molar-refractivity contribution >= 4 is 0 Å². The smallest absolute Gasteiger partial charge is 0.152 e. The van der Waals surface area contributed by atoms with Crippen molar-refractivity contribution in [1.29, 1.82) is 0 Å². The third-order valence-electron chi connectivity index (χ3n) is 1.93. The van der Waals surface area contributed by atoms with Gasteiger partial charge < -0.3 is 14.6 Å². The molecular weight excluding hydrogens is 187 g/mol. The van der Waals surface area contributed by atoms with Gasteiger partial charge in [-0.2, -0.15) is 0 Å². The van der Waals surface area contributed by atoms with E-state index in [1.165, 1.54) is 20.3 Å². The van der Waals surface area contributed by atoms with E-state index in [9.17, 15) is 4.39 Å². The van der Waals surface area contributed by atoms with E-state index in [1.807, 2.05) is 0 Å². The zero-order valence-electron chi connectivity index (χ0n) is 8.16. The summed E-state index contributed by atoms with van der Waals surface area (Å²) in [5, 5.41) is 8.70. The second-order valence-electron chi connectivity index (χ2n) is 2.76. The molecule has 1 unspecified atom stereocenters. The Hall–Kier alpha value is -1.29. The number of methoxy groups -OCH3 is 2. The van der Waals surface area contributed by atoms with Gasteiger partial charge in [-0.3, -0.25) is 0 Å². The molecule has 78 valence electrons. The Labute approximate surface area is 82.1 Å². The van der Waals surface area contributed by atoms with E-state index in [4.69, 9.17) is 14.6 Å². The van der Waals surface area contributed by atoms with Gasteiger partial charge >= 0.3 is 0 Å². The van der Waals surface area contributed by atoms with E-state index < -0.39 is 12.8 Å². The SMILES string of the molecule is COc1ccc(OC)c(C(F)CO)c1. The topological polar surface area (TPSA) is 38.7 Å². The number of halogens is 1. The first kappa shape index (κ1) is 10.8. The van der Waals surface area contributed by atoms with E-state index in [1.54, 1.807) is 12.1 Å². The second-order valence-corrected chi connectivity index (χ2v) is 2.76. The molecule has 0 saturated heterocycles. The molecule has 0 amide bonds. The van der Waals surface area contributed by atoms with Crippen LogP contribution in [0.2, 0.25) is 0 Å². The third kappa shape index (κ3) is 2.14. The summed E-state index contributed by atoms with van der Waals surface area (Å²) in [6.45, 7) is -0.566. The molecule has 3 nitrogen and oxygen atoms in total. The largest absolute Gasteiger partial charge is 0.497 e. The summed E-state index contributed by atoms with van der Waals surface area (Å²) < 4.78 is 23.1. The van der Waals surface area contributed by atoms with Crippen LogP contribution >= 0.6 is 0 Å². The molecule has 0 fully saturated rings. The van der Waals surface area contributed by atoms with Crippen LogP contribution in [0, 0.1) is 0 Å². The molecule has 4 heteroatoms. The lowest BCUT2D eigenvalue weighted by molar-refractivity contribution is 0.176. The molecule has 14 heavy (non-hydrogen) atoms. The van der Waals surface area contributed by atoms with Gasteiger partial charge in [0, 0.05) is 5.56 Å². The van der Waals surface area contributed by atoms with Crippen LogP contribution in [0.15, 0.2) is 18.2 Å². The predicted octanol–water partition coefficient (Wildman–Crippen LogP) is 1.71. The Balaban J connectivity index is 3.08. The molecule has 1 N–H and O–H groups in total. The maximum absolute atomic E-state index is 13.2. The molecular formula is C10H13FO3. The number of ether oxygens (including phenoxy) is 2. The molecule has 0 radical (unpaired) electrons. The lowest BCUT2D eigenvalue weighted by Crippen LogP contribution is -2.01. The Morgan fingerprint density at radius 3 is 2.57 bits per heavy atom. The van der Waals surface area contributed by atoms with Crippen molar-refractivity contribution in [3.63, 3.8) is 0 Å². The minimum absolute atomic E-state index is 0.300. The number of aliphatic hydroxyl groups excluding tert-OH is 1. The van der Waals surface area contributed by atoms with Gasteiger partial charge in [0.1, 0.15) is 11.5 Å². The van der Waals surface area contributed by atoms with E-state index in [0.29, 0.717) is 17.1 Å². The Kier molecular flexibility index (Phi) is 3.71. The van der Waals surface area contributed by atoms with Crippen LogP contribution in [0.4, 0.5) is 4.39 Å². The lowest BCUT2D eigenvalue weighted by atomic mass is 10.1. The van der Waals surface area contributed by atoms with Gasteiger partial charge in [0.2, 0.25) is 0 Å². The number of hydrogen-bond acceptors (Lipinski definition) is 3. The summed E-state index contributed by atoms with van der Waals surface area (Å²) in [6.07, 6.45) is -1.44. The highest BCUT2D eigenvalue weighted by Crippen LogP contribution is 2.30. The van der Waals surface area contributed by atoms with Crippen LogP contribution in [0.5, 0.6) is 11.5 Å². The van der Waals surface area contributed by atoms with Crippen LogP contribution < -0.4 is 9.47 Å². The minimum atomic E-state index is -1.44.